The normalized spacial score (nSPS) is 17.4. The minimum atomic E-state index is -4.63. The number of nitrogens with one attached hydrogen (secondary N) is 1. The Balaban J connectivity index is 1.42. The molecule has 0 bridgehead atoms. The number of pyridine rings is 1. The molecule has 0 saturated heterocycles. The van der Waals surface area contributed by atoms with Crippen LogP contribution < -0.4 is 10.1 Å². The number of carbonyl (C=O) groups is 1. The number of carbonyl (C=O) groups excluding carboxylic acids is 1. The maximum absolute atomic E-state index is 13.7. The minimum Gasteiger partial charge on any atom is -0.494 e. The number of amides is 1. The summed E-state index contributed by atoms with van der Waals surface area (Å²) in [5, 5.41) is 11.7. The van der Waals surface area contributed by atoms with Crippen molar-refractivity contribution in [3.63, 3.8) is 0 Å². The molecule has 3 N–H and O–H groups in total. The molecular weight excluding hydrogens is 682 g/mol. The number of benzene rings is 3. The number of rotatable bonds is 9. The lowest BCUT2D eigenvalue weighted by atomic mass is 9.83. The Kier molecular flexibility index (Phi) is 10.1. The number of methoxy groups -OCH3 is 1. The third-order valence-corrected chi connectivity index (χ3v) is 11.5. The summed E-state index contributed by atoms with van der Waals surface area (Å²) in [6.07, 6.45) is -1.01. The topological polar surface area (TPSA) is 126 Å². The van der Waals surface area contributed by atoms with Gasteiger partial charge in [0.25, 0.3) is 0 Å². The number of hydrogen-bond donors (Lipinski definition) is 3. The highest BCUT2D eigenvalue weighted by Crippen LogP contribution is 2.57. The number of hydrogen-bond acceptors (Lipinski definition) is 8. The van der Waals surface area contributed by atoms with E-state index in [1.54, 1.807) is 36.3 Å². The van der Waals surface area contributed by atoms with Crippen LogP contribution in [0.15, 0.2) is 71.9 Å². The molecule has 3 heterocycles. The average molecular weight is 723 g/mol. The second-order valence-electron chi connectivity index (χ2n) is 13.1. The maximum Gasteiger partial charge on any atom is 0.416 e. The number of anilines is 1. The van der Waals surface area contributed by atoms with E-state index in [1.165, 1.54) is 10.4 Å². The van der Waals surface area contributed by atoms with Crippen molar-refractivity contribution in [2.75, 3.05) is 19.0 Å². The van der Waals surface area contributed by atoms with Gasteiger partial charge in [-0.1, -0.05) is 36.4 Å². The number of halogens is 3. The van der Waals surface area contributed by atoms with E-state index in [-0.39, 0.29) is 36.2 Å². The van der Waals surface area contributed by atoms with Gasteiger partial charge in [-0.05, 0) is 96.8 Å². The predicted molar refractivity (Wildman–Crippen MR) is 191 cm³/mol. The van der Waals surface area contributed by atoms with Gasteiger partial charge in [0.2, 0.25) is 5.91 Å². The van der Waals surface area contributed by atoms with Gasteiger partial charge >= 0.3 is 6.18 Å². The van der Waals surface area contributed by atoms with Crippen LogP contribution in [0.2, 0.25) is 0 Å². The quantitative estimate of drug-likeness (QED) is 0.139. The summed E-state index contributed by atoms with van der Waals surface area (Å²) in [4.78, 5) is 17.6. The van der Waals surface area contributed by atoms with Gasteiger partial charge < -0.3 is 10.1 Å². The summed E-state index contributed by atoms with van der Waals surface area (Å²) in [6, 6.07) is 14.4. The second kappa shape index (κ2) is 14.3. The van der Waals surface area contributed by atoms with Gasteiger partial charge in [-0.3, -0.25) is 18.9 Å². The third kappa shape index (κ3) is 7.31. The number of fused-ring (bicyclic) bond motifs is 2. The van der Waals surface area contributed by atoms with Crippen molar-refractivity contribution in [2.24, 2.45) is 5.92 Å². The van der Waals surface area contributed by atoms with Crippen LogP contribution in [-0.2, 0) is 30.5 Å². The fourth-order valence-electron chi connectivity index (χ4n) is 6.85. The zero-order valence-electron chi connectivity index (χ0n) is 29.0. The van der Waals surface area contributed by atoms with Crippen molar-refractivity contribution in [3.05, 3.63) is 106 Å². The van der Waals surface area contributed by atoms with E-state index in [4.69, 9.17) is 4.74 Å². The molecule has 2 aromatic heterocycles. The molecule has 0 radical (unpaired) electrons. The first-order valence-corrected chi connectivity index (χ1v) is 18.1. The monoisotopic (exact) mass is 722 g/mol. The Morgan fingerprint density at radius 2 is 1.92 bits per heavy atom. The molecule has 3 aromatic carbocycles. The first-order valence-electron chi connectivity index (χ1n) is 16.6. The lowest BCUT2D eigenvalue weighted by Gasteiger charge is -2.43. The van der Waals surface area contributed by atoms with E-state index >= 15 is 0 Å². The van der Waals surface area contributed by atoms with Crippen LogP contribution in [-0.4, -0.2) is 53.0 Å². The molecule has 1 aliphatic rings. The minimum absolute atomic E-state index is 0.0400. The molecule has 14 heteroatoms. The molecule has 1 aliphatic heterocycles. The Morgan fingerprint density at radius 3 is 2.61 bits per heavy atom. The molecule has 270 valence electrons. The summed E-state index contributed by atoms with van der Waals surface area (Å²) in [6.45, 7) is 8.63. The van der Waals surface area contributed by atoms with Gasteiger partial charge in [-0.2, -0.15) is 17.5 Å². The highest BCUT2D eigenvalue weighted by Gasteiger charge is 2.37. The molecule has 0 fully saturated rings. The summed E-state index contributed by atoms with van der Waals surface area (Å²) in [5.41, 5.74) is 5.53. The van der Waals surface area contributed by atoms with Crippen molar-refractivity contribution < 1.29 is 31.8 Å². The zero-order chi connectivity index (χ0) is 36.7. The number of ether oxygens (including phenoxy) is 1. The number of aromatic nitrogens is 4. The van der Waals surface area contributed by atoms with Crippen LogP contribution in [0, 0.1) is 19.8 Å². The Labute approximate surface area is 296 Å². The lowest BCUT2D eigenvalue weighted by molar-refractivity contribution is -0.137. The number of nitrogens with zero attached hydrogens (tertiary/aromatic N) is 5. The lowest BCUT2D eigenvalue weighted by Crippen LogP contribution is -2.30. The van der Waals surface area contributed by atoms with Crippen LogP contribution >= 0.6 is 10.8 Å². The largest absolute Gasteiger partial charge is 0.494 e. The summed E-state index contributed by atoms with van der Waals surface area (Å²) >= 11 is 0. The standard InChI is InChI=1S/C37H41F3N6O4S/c1-6-46-36-32(50-5)17-30(24(4)35(36)43-44-46)31(18-34(47)42-29-8-7-13-41-19-29)25-10-9-23(3)27(15-25)21-45-20-22(2)14-26-11-12-28(37(38,39)40)16-33(26)51(45,48)49/h7-13,15-17,19,22,31,48-49H,6,14,18,20-21H2,1-5H3,(H,42,47). The van der Waals surface area contributed by atoms with E-state index in [1.807, 2.05) is 52.0 Å². The number of aryl methyl sites for hydroxylation is 3. The summed E-state index contributed by atoms with van der Waals surface area (Å²) in [5.74, 6) is -0.255. The first kappa shape index (κ1) is 36.3. The molecular formula is C37H41F3N6O4S. The Bertz CT molecular complexity index is 2070. The summed E-state index contributed by atoms with van der Waals surface area (Å²) < 4.78 is 73.6. The van der Waals surface area contributed by atoms with E-state index in [0.717, 1.165) is 45.5 Å². The van der Waals surface area contributed by atoms with E-state index in [9.17, 15) is 27.1 Å². The fraction of sp³-hybridized carbons (Fsp3) is 0.351. The predicted octanol–water partition coefficient (Wildman–Crippen LogP) is 8.37. The fourth-order valence-corrected chi connectivity index (χ4v) is 8.70. The number of alkyl halides is 3. The van der Waals surface area contributed by atoms with Gasteiger partial charge in [-0.25, -0.2) is 4.68 Å². The van der Waals surface area contributed by atoms with Crippen LogP contribution in [0.3, 0.4) is 0 Å². The van der Waals surface area contributed by atoms with Gasteiger partial charge in [0, 0.05) is 38.2 Å². The van der Waals surface area contributed by atoms with Crippen molar-refractivity contribution >= 4 is 33.4 Å². The summed E-state index contributed by atoms with van der Waals surface area (Å²) in [7, 11) is -2.23. The SMILES string of the molecule is CCn1nnc2c(C)c(C(CC(=O)Nc3cccnc3)c3ccc(C)c(CN4CC(C)Cc5ccc(C(F)(F)F)cc5S4(O)O)c3)cc(OC)c21. The van der Waals surface area contributed by atoms with Crippen LogP contribution in [0.1, 0.15) is 65.1 Å². The van der Waals surface area contributed by atoms with Gasteiger partial charge in [0.15, 0.2) is 0 Å². The van der Waals surface area contributed by atoms with Gasteiger partial charge in [0.05, 0.1) is 29.5 Å². The van der Waals surface area contributed by atoms with Crippen LogP contribution in [0.5, 0.6) is 5.75 Å². The first-order chi connectivity index (χ1) is 24.2. The molecule has 1 amide bonds. The zero-order valence-corrected chi connectivity index (χ0v) is 29.8. The van der Waals surface area contributed by atoms with E-state index in [2.05, 4.69) is 20.6 Å². The Morgan fingerprint density at radius 1 is 1.14 bits per heavy atom. The van der Waals surface area contributed by atoms with Gasteiger partial charge in [-0.15, -0.1) is 15.9 Å². The van der Waals surface area contributed by atoms with Crippen molar-refractivity contribution in [1.82, 2.24) is 24.3 Å². The molecule has 0 spiro atoms. The highest BCUT2D eigenvalue weighted by molar-refractivity contribution is 8.22. The average Bonchev–Trinajstić information content (AvgIpc) is 3.50. The van der Waals surface area contributed by atoms with Crippen molar-refractivity contribution in [3.8, 4) is 5.75 Å². The molecule has 0 aliphatic carbocycles. The molecule has 51 heavy (non-hydrogen) atoms. The second-order valence-corrected chi connectivity index (χ2v) is 15.1. The third-order valence-electron chi connectivity index (χ3n) is 9.53. The van der Waals surface area contributed by atoms with E-state index in [0.29, 0.717) is 35.5 Å². The van der Waals surface area contributed by atoms with Crippen molar-refractivity contribution in [1.29, 1.82) is 0 Å². The smallest absolute Gasteiger partial charge is 0.416 e. The Hall–Kier alpha value is -4.50. The molecule has 6 rings (SSSR count). The molecule has 2 unspecified atom stereocenters. The molecule has 0 saturated carbocycles. The maximum atomic E-state index is 13.7. The molecule has 10 nitrogen and oxygen atoms in total. The van der Waals surface area contributed by atoms with Crippen LogP contribution in [0.4, 0.5) is 18.9 Å². The van der Waals surface area contributed by atoms with Crippen molar-refractivity contribution in [2.45, 2.75) is 70.6 Å². The highest BCUT2D eigenvalue weighted by atomic mass is 32.3. The molecule has 5 aromatic rings. The van der Waals surface area contributed by atoms with E-state index < -0.39 is 28.4 Å². The van der Waals surface area contributed by atoms with Gasteiger partial charge in [0.1, 0.15) is 16.8 Å². The van der Waals surface area contributed by atoms with Crippen LogP contribution in [0.25, 0.3) is 11.0 Å². The molecule has 2 atom stereocenters.